The lowest BCUT2D eigenvalue weighted by Crippen LogP contribution is -2.31. The molecular weight excluding hydrogens is 269 g/mol. The highest BCUT2D eigenvalue weighted by Gasteiger charge is 2.27. The predicted octanol–water partition coefficient (Wildman–Crippen LogP) is 1.64. The van der Waals surface area contributed by atoms with Crippen molar-refractivity contribution in [3.63, 3.8) is 0 Å². The zero-order chi connectivity index (χ0) is 14.2. The first kappa shape index (κ1) is 17.7. The molecule has 0 aromatic rings. The molecule has 0 fully saturated rings. The van der Waals surface area contributed by atoms with Crippen molar-refractivity contribution >= 4 is 10.0 Å². The summed E-state index contributed by atoms with van der Waals surface area (Å²) in [4.78, 5) is 0. The number of alkyl halides is 3. The minimum atomic E-state index is -4.29. The highest BCUT2D eigenvalue weighted by atomic mass is 32.2. The molecule has 110 valence electrons. The third kappa shape index (κ3) is 12.1. The third-order valence-corrected chi connectivity index (χ3v) is 3.57. The lowest BCUT2D eigenvalue weighted by atomic mass is 10.3. The van der Waals surface area contributed by atoms with E-state index in [1.54, 1.807) is 0 Å². The van der Waals surface area contributed by atoms with Crippen molar-refractivity contribution in [2.45, 2.75) is 45.3 Å². The minimum absolute atomic E-state index is 0.244. The zero-order valence-corrected chi connectivity index (χ0v) is 11.5. The number of rotatable bonds is 9. The van der Waals surface area contributed by atoms with Gasteiger partial charge in [0.1, 0.15) is 0 Å². The van der Waals surface area contributed by atoms with Gasteiger partial charge in [-0.3, -0.25) is 0 Å². The van der Waals surface area contributed by atoms with Gasteiger partial charge in [0.25, 0.3) is 0 Å². The summed E-state index contributed by atoms with van der Waals surface area (Å²) in [6.45, 7) is 4.86. The molecular formula is C10H21F3N2O2S. The van der Waals surface area contributed by atoms with Crippen molar-refractivity contribution in [2.24, 2.45) is 0 Å². The molecule has 0 aliphatic heterocycles. The average Bonchev–Trinajstić information content (AvgIpc) is 2.13. The van der Waals surface area contributed by atoms with E-state index in [0.29, 0.717) is 19.0 Å². The Labute approximate surface area is 106 Å². The summed E-state index contributed by atoms with van der Waals surface area (Å²) >= 11 is 0. The lowest BCUT2D eigenvalue weighted by molar-refractivity contribution is -0.134. The Balaban J connectivity index is 3.68. The number of halogens is 3. The Hall–Kier alpha value is -0.340. The van der Waals surface area contributed by atoms with E-state index in [-0.39, 0.29) is 6.54 Å². The molecule has 0 spiro atoms. The van der Waals surface area contributed by atoms with Crippen molar-refractivity contribution in [2.75, 3.05) is 18.8 Å². The molecule has 0 bridgehead atoms. The van der Waals surface area contributed by atoms with Crippen LogP contribution in [0.4, 0.5) is 13.2 Å². The van der Waals surface area contributed by atoms with Gasteiger partial charge < -0.3 is 5.32 Å². The van der Waals surface area contributed by atoms with Gasteiger partial charge in [-0.2, -0.15) is 13.2 Å². The smallest absolute Gasteiger partial charge is 0.314 e. The van der Waals surface area contributed by atoms with Crippen LogP contribution in [-0.2, 0) is 10.0 Å². The second-order valence-electron chi connectivity index (χ2n) is 4.39. The quantitative estimate of drug-likeness (QED) is 0.635. The molecule has 18 heavy (non-hydrogen) atoms. The van der Waals surface area contributed by atoms with E-state index in [1.165, 1.54) is 0 Å². The Bertz CT molecular complexity index is 316. The Morgan fingerprint density at radius 3 is 2.22 bits per heavy atom. The van der Waals surface area contributed by atoms with Gasteiger partial charge in [-0.15, -0.1) is 0 Å². The maximum Gasteiger partial charge on any atom is 0.389 e. The van der Waals surface area contributed by atoms with E-state index in [0.717, 1.165) is 0 Å². The van der Waals surface area contributed by atoms with Crippen molar-refractivity contribution < 1.29 is 21.6 Å². The van der Waals surface area contributed by atoms with E-state index in [1.807, 2.05) is 13.8 Å². The molecule has 0 aromatic carbocycles. The maximum atomic E-state index is 11.8. The molecule has 0 saturated carbocycles. The van der Waals surface area contributed by atoms with E-state index >= 15 is 0 Å². The summed E-state index contributed by atoms with van der Waals surface area (Å²) in [6, 6.07) is 0.327. The molecule has 0 amide bonds. The summed E-state index contributed by atoms with van der Waals surface area (Å²) in [5.74, 6) is -0.482. The number of sulfonamides is 1. The van der Waals surface area contributed by atoms with Gasteiger partial charge in [0.15, 0.2) is 0 Å². The van der Waals surface area contributed by atoms with Gasteiger partial charge in [0.05, 0.1) is 5.75 Å². The lowest BCUT2D eigenvalue weighted by Gasteiger charge is -2.10. The van der Waals surface area contributed by atoms with Crippen LogP contribution in [0.1, 0.15) is 33.1 Å². The summed E-state index contributed by atoms with van der Waals surface area (Å²) in [7, 11) is -3.58. The third-order valence-electron chi connectivity index (χ3n) is 2.10. The molecule has 0 saturated heterocycles. The molecule has 0 radical (unpaired) electrons. The topological polar surface area (TPSA) is 58.2 Å². The van der Waals surface area contributed by atoms with E-state index < -0.39 is 34.8 Å². The Morgan fingerprint density at radius 1 is 1.11 bits per heavy atom. The molecule has 0 aromatic heterocycles. The molecule has 0 heterocycles. The fraction of sp³-hybridized carbons (Fsp3) is 1.00. The molecule has 0 unspecified atom stereocenters. The number of hydrogen-bond acceptors (Lipinski definition) is 3. The zero-order valence-electron chi connectivity index (χ0n) is 10.7. The molecule has 8 heteroatoms. The van der Waals surface area contributed by atoms with Crippen molar-refractivity contribution in [1.29, 1.82) is 0 Å². The highest BCUT2D eigenvalue weighted by molar-refractivity contribution is 7.89. The van der Waals surface area contributed by atoms with Crippen LogP contribution in [-0.4, -0.2) is 39.5 Å². The first-order valence-corrected chi connectivity index (χ1v) is 7.55. The number of nitrogens with one attached hydrogen (secondary N) is 2. The van der Waals surface area contributed by atoms with Gasteiger partial charge in [-0.25, -0.2) is 13.1 Å². The maximum absolute atomic E-state index is 11.8. The van der Waals surface area contributed by atoms with Crippen LogP contribution in [0, 0.1) is 0 Å². The summed E-state index contributed by atoms with van der Waals surface area (Å²) in [5, 5.41) is 3.11. The predicted molar refractivity (Wildman–Crippen MR) is 64.8 cm³/mol. The SMILES string of the molecule is CC(C)NCCCNS(=O)(=O)CCCC(F)(F)F. The van der Waals surface area contributed by atoms with Gasteiger partial charge in [-0.05, 0) is 19.4 Å². The van der Waals surface area contributed by atoms with Crippen LogP contribution in [0.15, 0.2) is 0 Å². The second-order valence-corrected chi connectivity index (χ2v) is 6.32. The average molecular weight is 290 g/mol. The number of hydrogen-bond donors (Lipinski definition) is 2. The van der Waals surface area contributed by atoms with Crippen LogP contribution in [0.25, 0.3) is 0 Å². The molecule has 2 N–H and O–H groups in total. The van der Waals surface area contributed by atoms with E-state index in [2.05, 4.69) is 10.0 Å². The van der Waals surface area contributed by atoms with Crippen LogP contribution in [0.3, 0.4) is 0 Å². The van der Waals surface area contributed by atoms with Gasteiger partial charge in [0, 0.05) is 19.0 Å². The summed E-state index contributed by atoms with van der Waals surface area (Å²) in [5.41, 5.74) is 0. The van der Waals surface area contributed by atoms with Gasteiger partial charge in [0.2, 0.25) is 10.0 Å². The van der Waals surface area contributed by atoms with Crippen LogP contribution in [0.2, 0.25) is 0 Å². The Kier molecular flexibility index (Phi) is 7.81. The normalized spacial score (nSPS) is 13.2. The standard InChI is InChI=1S/C10H21F3N2O2S/c1-9(2)14-6-4-7-15-18(16,17)8-3-5-10(11,12)13/h9,14-15H,3-8H2,1-2H3. The molecule has 0 aliphatic carbocycles. The summed E-state index contributed by atoms with van der Waals surface area (Å²) in [6.07, 6.45) is -5.15. The fourth-order valence-electron chi connectivity index (χ4n) is 1.24. The monoisotopic (exact) mass is 290 g/mol. The molecule has 0 rings (SSSR count). The van der Waals surface area contributed by atoms with Crippen LogP contribution >= 0.6 is 0 Å². The van der Waals surface area contributed by atoms with Crippen molar-refractivity contribution in [3.05, 3.63) is 0 Å². The van der Waals surface area contributed by atoms with Gasteiger partial charge in [-0.1, -0.05) is 13.8 Å². The molecule has 0 atom stereocenters. The molecule has 4 nitrogen and oxygen atoms in total. The minimum Gasteiger partial charge on any atom is -0.314 e. The van der Waals surface area contributed by atoms with Crippen LogP contribution < -0.4 is 10.0 Å². The fourth-order valence-corrected chi connectivity index (χ4v) is 2.37. The van der Waals surface area contributed by atoms with Gasteiger partial charge >= 0.3 is 6.18 Å². The van der Waals surface area contributed by atoms with E-state index in [9.17, 15) is 21.6 Å². The van der Waals surface area contributed by atoms with Crippen molar-refractivity contribution in [1.82, 2.24) is 10.0 Å². The Morgan fingerprint density at radius 2 is 1.72 bits per heavy atom. The molecule has 0 aliphatic rings. The largest absolute Gasteiger partial charge is 0.389 e. The first-order valence-electron chi connectivity index (χ1n) is 5.90. The first-order chi connectivity index (χ1) is 8.12. The summed E-state index contributed by atoms with van der Waals surface area (Å²) < 4.78 is 60.4. The highest BCUT2D eigenvalue weighted by Crippen LogP contribution is 2.21. The second kappa shape index (κ2) is 7.96. The van der Waals surface area contributed by atoms with E-state index in [4.69, 9.17) is 0 Å². The van der Waals surface area contributed by atoms with Crippen LogP contribution in [0.5, 0.6) is 0 Å². The van der Waals surface area contributed by atoms with Crippen molar-refractivity contribution in [3.8, 4) is 0 Å².